The highest BCUT2D eigenvalue weighted by atomic mass is 79.9. The van der Waals surface area contributed by atoms with Gasteiger partial charge in [0, 0.05) is 27.7 Å². The number of benzene rings is 2. The van der Waals surface area contributed by atoms with Gasteiger partial charge in [-0.15, -0.1) is 11.8 Å². The maximum Gasteiger partial charge on any atom is 0.317 e. The van der Waals surface area contributed by atoms with E-state index in [1.807, 2.05) is 26.0 Å². The number of anilines is 2. The Hall–Kier alpha value is -2.32. The molecule has 0 aliphatic rings. The van der Waals surface area contributed by atoms with E-state index >= 15 is 0 Å². The van der Waals surface area contributed by atoms with E-state index in [0.717, 1.165) is 20.5 Å². The van der Waals surface area contributed by atoms with E-state index < -0.39 is 18.0 Å². The van der Waals surface area contributed by atoms with Crippen LogP contribution in [0.4, 0.5) is 11.4 Å². The van der Waals surface area contributed by atoms with Crippen LogP contribution in [0, 0.1) is 13.8 Å². The first-order chi connectivity index (χ1) is 13.7. The highest BCUT2D eigenvalue weighted by molar-refractivity contribution is 9.10. The van der Waals surface area contributed by atoms with Gasteiger partial charge in [-0.25, -0.2) is 0 Å². The van der Waals surface area contributed by atoms with E-state index in [9.17, 15) is 14.4 Å². The molecule has 29 heavy (non-hydrogen) atoms. The summed E-state index contributed by atoms with van der Waals surface area (Å²) in [6, 6.07) is 10.7. The quantitative estimate of drug-likeness (QED) is 0.445. The molecular weight excluding hydrogens is 456 g/mol. The van der Waals surface area contributed by atoms with Crippen LogP contribution in [0.5, 0.6) is 0 Å². The number of ether oxygens (including phenoxy) is 1. The number of amides is 2. The summed E-state index contributed by atoms with van der Waals surface area (Å²) in [4.78, 5) is 36.4. The minimum Gasteiger partial charge on any atom is -0.452 e. The van der Waals surface area contributed by atoms with Crippen LogP contribution in [0.25, 0.3) is 0 Å². The van der Waals surface area contributed by atoms with Gasteiger partial charge in [0.15, 0.2) is 6.10 Å². The first-order valence-electron chi connectivity index (χ1n) is 8.93. The molecule has 154 valence electrons. The standard InChI is InChI=1S/C21H23BrN2O4S/c1-12-10-19(13(2)9-18(12)22)29-11-20(26)28-14(3)21(27)24-17-7-5-16(6-8-17)23-15(4)25/h5-10,14H,11H2,1-4H3,(H,23,25)(H,24,27). The van der Waals surface area contributed by atoms with Crippen molar-refractivity contribution in [2.45, 2.75) is 38.7 Å². The maximum absolute atomic E-state index is 12.3. The first-order valence-corrected chi connectivity index (χ1v) is 10.7. The Morgan fingerprint density at radius 3 is 2.21 bits per heavy atom. The third kappa shape index (κ3) is 7.21. The van der Waals surface area contributed by atoms with Gasteiger partial charge in [-0.3, -0.25) is 14.4 Å². The number of thioether (sulfide) groups is 1. The number of rotatable bonds is 7. The van der Waals surface area contributed by atoms with E-state index in [0.29, 0.717) is 11.4 Å². The summed E-state index contributed by atoms with van der Waals surface area (Å²) in [7, 11) is 0. The molecule has 0 saturated heterocycles. The molecule has 0 aliphatic heterocycles. The van der Waals surface area contributed by atoms with Crippen LogP contribution < -0.4 is 10.6 Å². The van der Waals surface area contributed by atoms with Crippen molar-refractivity contribution in [3.8, 4) is 0 Å². The van der Waals surface area contributed by atoms with Crippen molar-refractivity contribution in [1.82, 2.24) is 0 Å². The molecule has 0 aromatic heterocycles. The lowest BCUT2D eigenvalue weighted by Crippen LogP contribution is -2.30. The summed E-state index contributed by atoms with van der Waals surface area (Å²) >= 11 is 4.87. The van der Waals surface area contributed by atoms with E-state index in [-0.39, 0.29) is 11.7 Å². The second-order valence-corrected chi connectivity index (χ2v) is 8.41. The number of hydrogen-bond acceptors (Lipinski definition) is 5. The Morgan fingerprint density at radius 2 is 1.62 bits per heavy atom. The highest BCUT2D eigenvalue weighted by Crippen LogP contribution is 2.28. The molecule has 2 aromatic carbocycles. The second kappa shape index (κ2) is 10.5. The Bertz CT molecular complexity index is 916. The predicted molar refractivity (Wildman–Crippen MR) is 119 cm³/mol. The molecule has 0 fully saturated rings. The number of carbonyl (C=O) groups is 3. The van der Waals surface area contributed by atoms with Gasteiger partial charge >= 0.3 is 5.97 Å². The average molecular weight is 479 g/mol. The normalized spacial score (nSPS) is 11.5. The zero-order chi connectivity index (χ0) is 21.6. The molecule has 2 amide bonds. The number of halogens is 1. The van der Waals surface area contributed by atoms with Crippen LogP contribution >= 0.6 is 27.7 Å². The van der Waals surface area contributed by atoms with Crippen LogP contribution in [-0.4, -0.2) is 29.6 Å². The molecule has 0 spiro atoms. The number of aryl methyl sites for hydroxylation is 2. The van der Waals surface area contributed by atoms with Gasteiger partial charge in [0.05, 0.1) is 5.75 Å². The summed E-state index contributed by atoms with van der Waals surface area (Å²) in [5.74, 6) is -0.941. The maximum atomic E-state index is 12.3. The van der Waals surface area contributed by atoms with Crippen molar-refractivity contribution >= 4 is 56.9 Å². The van der Waals surface area contributed by atoms with E-state index in [1.165, 1.54) is 25.6 Å². The molecule has 0 aliphatic carbocycles. The lowest BCUT2D eigenvalue weighted by atomic mass is 10.2. The van der Waals surface area contributed by atoms with Crippen LogP contribution in [-0.2, 0) is 19.1 Å². The monoisotopic (exact) mass is 478 g/mol. The third-order valence-electron chi connectivity index (χ3n) is 3.95. The molecule has 1 atom stereocenters. The van der Waals surface area contributed by atoms with Gasteiger partial charge in [0.1, 0.15) is 0 Å². The molecule has 0 radical (unpaired) electrons. The number of hydrogen-bond donors (Lipinski definition) is 2. The van der Waals surface area contributed by atoms with Crippen LogP contribution in [0.1, 0.15) is 25.0 Å². The van der Waals surface area contributed by atoms with Crippen molar-refractivity contribution in [2.75, 3.05) is 16.4 Å². The van der Waals surface area contributed by atoms with Gasteiger partial charge in [0.2, 0.25) is 5.91 Å². The third-order valence-corrected chi connectivity index (χ3v) is 5.94. The molecule has 2 rings (SSSR count). The van der Waals surface area contributed by atoms with Gasteiger partial charge in [-0.05, 0) is 68.3 Å². The van der Waals surface area contributed by atoms with Crippen molar-refractivity contribution in [2.24, 2.45) is 0 Å². The van der Waals surface area contributed by atoms with Gasteiger partial charge in [-0.2, -0.15) is 0 Å². The van der Waals surface area contributed by atoms with Crippen molar-refractivity contribution in [3.63, 3.8) is 0 Å². The summed E-state index contributed by atoms with van der Waals surface area (Å²) in [5.41, 5.74) is 3.32. The van der Waals surface area contributed by atoms with Gasteiger partial charge in [-0.1, -0.05) is 15.9 Å². The Morgan fingerprint density at radius 1 is 1.03 bits per heavy atom. The minimum atomic E-state index is -0.925. The highest BCUT2D eigenvalue weighted by Gasteiger charge is 2.18. The summed E-state index contributed by atoms with van der Waals surface area (Å²) in [6.45, 7) is 6.91. The smallest absolute Gasteiger partial charge is 0.317 e. The van der Waals surface area contributed by atoms with Crippen molar-refractivity contribution < 1.29 is 19.1 Å². The van der Waals surface area contributed by atoms with Crippen molar-refractivity contribution in [3.05, 3.63) is 52.0 Å². The number of carbonyl (C=O) groups excluding carboxylic acids is 3. The van der Waals surface area contributed by atoms with E-state index in [2.05, 4.69) is 26.6 Å². The fraction of sp³-hybridized carbons (Fsp3) is 0.286. The molecule has 1 unspecified atom stereocenters. The second-order valence-electron chi connectivity index (χ2n) is 6.54. The average Bonchev–Trinajstić information content (AvgIpc) is 2.64. The Balaban J connectivity index is 1.85. The molecule has 2 N–H and O–H groups in total. The minimum absolute atomic E-state index is 0.116. The fourth-order valence-corrected chi connectivity index (χ4v) is 3.76. The number of nitrogens with one attached hydrogen (secondary N) is 2. The zero-order valence-electron chi connectivity index (χ0n) is 16.7. The predicted octanol–water partition coefficient (Wildman–Crippen LogP) is 4.69. The lowest BCUT2D eigenvalue weighted by Gasteiger charge is -2.14. The molecular formula is C21H23BrN2O4S. The van der Waals surface area contributed by atoms with Gasteiger partial charge < -0.3 is 15.4 Å². The number of esters is 1. The summed E-state index contributed by atoms with van der Waals surface area (Å²) in [6.07, 6.45) is -0.925. The van der Waals surface area contributed by atoms with Gasteiger partial charge in [0.25, 0.3) is 5.91 Å². The molecule has 8 heteroatoms. The molecule has 2 aromatic rings. The first kappa shape index (κ1) is 23.0. The largest absolute Gasteiger partial charge is 0.452 e. The van der Waals surface area contributed by atoms with Crippen LogP contribution in [0.3, 0.4) is 0 Å². The fourth-order valence-electron chi connectivity index (χ4n) is 2.42. The Labute approximate surface area is 182 Å². The summed E-state index contributed by atoms with van der Waals surface area (Å²) < 4.78 is 6.26. The SMILES string of the molecule is CC(=O)Nc1ccc(NC(=O)C(C)OC(=O)CSc2cc(C)c(Br)cc2C)cc1. The zero-order valence-corrected chi connectivity index (χ0v) is 19.1. The molecule has 0 heterocycles. The molecule has 0 saturated carbocycles. The molecule has 0 bridgehead atoms. The summed E-state index contributed by atoms with van der Waals surface area (Å²) in [5, 5.41) is 5.33. The van der Waals surface area contributed by atoms with Crippen LogP contribution in [0.2, 0.25) is 0 Å². The molecule has 6 nitrogen and oxygen atoms in total. The Kier molecular flexibility index (Phi) is 8.28. The van der Waals surface area contributed by atoms with Crippen molar-refractivity contribution in [1.29, 1.82) is 0 Å². The lowest BCUT2D eigenvalue weighted by molar-refractivity contribution is -0.150. The van der Waals surface area contributed by atoms with Crippen LogP contribution in [0.15, 0.2) is 45.8 Å². The van der Waals surface area contributed by atoms with E-state index in [1.54, 1.807) is 24.3 Å². The topological polar surface area (TPSA) is 84.5 Å². The van der Waals surface area contributed by atoms with E-state index in [4.69, 9.17) is 4.74 Å².